The van der Waals surface area contributed by atoms with E-state index in [1.807, 2.05) is 0 Å². The molecule has 1 atom stereocenters. The number of carbonyl (C=O) groups is 1. The SMILES string of the molecule is COC(=O)CCC[C@@H](/C=C/C=C\C/C=C\CCCCCCCCO)O[Si](c1ccccc1)(c1ccccc1)C(C)(C)C. The zero-order chi connectivity index (χ0) is 30.5. The van der Waals surface area contributed by atoms with Gasteiger partial charge in [-0.3, -0.25) is 4.79 Å². The number of hydrogen-bond acceptors (Lipinski definition) is 4. The summed E-state index contributed by atoms with van der Waals surface area (Å²) in [5.74, 6) is -0.184. The molecule has 5 heteroatoms. The molecule has 2 aromatic rings. The molecule has 0 aliphatic carbocycles. The van der Waals surface area contributed by atoms with E-state index < -0.39 is 8.32 Å². The number of allylic oxidation sites excluding steroid dienone is 5. The van der Waals surface area contributed by atoms with E-state index in [0.29, 0.717) is 19.4 Å². The third-order valence-corrected chi connectivity index (χ3v) is 12.7. The van der Waals surface area contributed by atoms with Crippen molar-refractivity contribution in [3.8, 4) is 0 Å². The second-order valence-corrected chi connectivity index (χ2v) is 16.2. The molecule has 0 aliphatic rings. The van der Waals surface area contributed by atoms with Crippen molar-refractivity contribution in [3.05, 3.63) is 97.1 Å². The highest BCUT2D eigenvalue weighted by molar-refractivity contribution is 6.99. The number of hydrogen-bond donors (Lipinski definition) is 1. The highest BCUT2D eigenvalue weighted by Crippen LogP contribution is 2.38. The van der Waals surface area contributed by atoms with E-state index in [9.17, 15) is 4.79 Å². The highest BCUT2D eigenvalue weighted by Gasteiger charge is 2.51. The topological polar surface area (TPSA) is 55.8 Å². The summed E-state index contributed by atoms with van der Waals surface area (Å²) >= 11 is 0. The number of rotatable bonds is 20. The zero-order valence-corrected chi connectivity index (χ0v) is 27.5. The van der Waals surface area contributed by atoms with Gasteiger partial charge in [0, 0.05) is 13.0 Å². The lowest BCUT2D eigenvalue weighted by Crippen LogP contribution is -2.67. The summed E-state index contributed by atoms with van der Waals surface area (Å²) in [6.07, 6.45) is 23.8. The van der Waals surface area contributed by atoms with E-state index in [4.69, 9.17) is 14.3 Å². The predicted molar refractivity (Wildman–Crippen MR) is 180 cm³/mol. The normalized spacial score (nSPS) is 13.4. The lowest BCUT2D eigenvalue weighted by Gasteiger charge is -2.44. The van der Waals surface area contributed by atoms with Crippen molar-refractivity contribution < 1.29 is 19.1 Å². The molecule has 0 unspecified atom stereocenters. The summed E-state index contributed by atoms with van der Waals surface area (Å²) in [6.45, 7) is 7.18. The fourth-order valence-corrected chi connectivity index (χ4v) is 10.0. The van der Waals surface area contributed by atoms with Crippen LogP contribution in [-0.4, -0.2) is 39.2 Å². The molecule has 0 saturated heterocycles. The van der Waals surface area contributed by atoms with Gasteiger partial charge >= 0.3 is 5.97 Å². The number of benzene rings is 2. The van der Waals surface area contributed by atoms with Crippen LogP contribution in [0.3, 0.4) is 0 Å². The molecule has 0 radical (unpaired) electrons. The first-order valence-corrected chi connectivity index (χ1v) is 17.7. The minimum Gasteiger partial charge on any atom is -0.469 e. The standard InChI is InChI=1S/C37H54O4Si/c1-37(2,3)42(34-27-19-16-20-28-34,35-29-21-17-22-30-35)41-33(26-24-31-36(39)40-4)25-18-14-12-10-8-6-5-7-9-11-13-15-23-32-38/h6,8,12,14,16-22,25,27-30,33,38H,5,7,9-11,13,15,23-24,26,31-32H2,1-4H3/b8-6-,14-12-,25-18+/t33-/m1/s1. The Kier molecular flexibility index (Phi) is 17.1. The second-order valence-electron chi connectivity index (χ2n) is 11.9. The fourth-order valence-electron chi connectivity index (χ4n) is 5.38. The quantitative estimate of drug-likeness (QED) is 0.0557. The van der Waals surface area contributed by atoms with Crippen molar-refractivity contribution in [1.29, 1.82) is 0 Å². The van der Waals surface area contributed by atoms with Crippen LogP contribution in [0.5, 0.6) is 0 Å². The second kappa shape index (κ2) is 20.2. The number of carbonyl (C=O) groups excluding carboxylic acids is 1. The first-order chi connectivity index (χ1) is 20.3. The predicted octanol–water partition coefficient (Wildman–Crippen LogP) is 8.06. The van der Waals surface area contributed by atoms with Gasteiger partial charge < -0.3 is 14.3 Å². The smallest absolute Gasteiger partial charge is 0.305 e. The van der Waals surface area contributed by atoms with E-state index in [1.165, 1.54) is 43.2 Å². The third-order valence-electron chi connectivity index (χ3n) is 7.63. The summed E-state index contributed by atoms with van der Waals surface area (Å²) < 4.78 is 12.2. The van der Waals surface area contributed by atoms with Gasteiger partial charge in [0.25, 0.3) is 8.32 Å². The van der Waals surface area contributed by atoms with Gasteiger partial charge in [-0.2, -0.15) is 0 Å². The van der Waals surface area contributed by atoms with Gasteiger partial charge in [-0.1, -0.05) is 144 Å². The molecule has 0 heterocycles. The molecule has 0 aliphatic heterocycles. The van der Waals surface area contributed by atoms with Crippen molar-refractivity contribution in [2.45, 2.75) is 103 Å². The number of unbranched alkanes of at least 4 members (excludes halogenated alkanes) is 6. The molecule has 1 N–H and O–H groups in total. The Morgan fingerprint density at radius 1 is 0.810 bits per heavy atom. The van der Waals surface area contributed by atoms with Gasteiger partial charge in [-0.15, -0.1) is 0 Å². The monoisotopic (exact) mass is 590 g/mol. The number of methoxy groups -OCH3 is 1. The van der Waals surface area contributed by atoms with E-state index in [0.717, 1.165) is 32.1 Å². The van der Waals surface area contributed by atoms with E-state index in [-0.39, 0.29) is 17.1 Å². The molecule has 4 nitrogen and oxygen atoms in total. The fraction of sp³-hybridized carbons (Fsp3) is 0.486. The molecular weight excluding hydrogens is 536 g/mol. The summed E-state index contributed by atoms with van der Waals surface area (Å²) in [6, 6.07) is 21.4. The average molecular weight is 591 g/mol. The van der Waals surface area contributed by atoms with Crippen LogP contribution in [-0.2, 0) is 14.0 Å². The Morgan fingerprint density at radius 2 is 1.40 bits per heavy atom. The van der Waals surface area contributed by atoms with Crippen LogP contribution in [0.1, 0.15) is 91.4 Å². The first-order valence-electron chi connectivity index (χ1n) is 15.8. The van der Waals surface area contributed by atoms with Crippen molar-refractivity contribution in [2.75, 3.05) is 13.7 Å². The molecule has 2 aromatic carbocycles. The van der Waals surface area contributed by atoms with Crippen molar-refractivity contribution in [1.82, 2.24) is 0 Å². The van der Waals surface area contributed by atoms with Gasteiger partial charge in [-0.05, 0) is 53.9 Å². The van der Waals surface area contributed by atoms with Crippen molar-refractivity contribution in [3.63, 3.8) is 0 Å². The molecular formula is C37H54O4Si. The average Bonchev–Trinajstić information content (AvgIpc) is 2.99. The van der Waals surface area contributed by atoms with Gasteiger partial charge in [-0.25, -0.2) is 0 Å². The number of ether oxygens (including phenoxy) is 1. The third kappa shape index (κ3) is 12.2. The van der Waals surface area contributed by atoms with Gasteiger partial charge in [0.15, 0.2) is 0 Å². The Bertz CT molecular complexity index is 1030. The molecule has 230 valence electrons. The number of aliphatic hydroxyl groups is 1. The molecule has 0 aromatic heterocycles. The molecule has 0 fully saturated rings. The minimum absolute atomic E-state index is 0.121. The maximum absolute atomic E-state index is 11.9. The van der Waals surface area contributed by atoms with Gasteiger partial charge in [0.1, 0.15) is 0 Å². The summed E-state index contributed by atoms with van der Waals surface area (Å²) in [5, 5.41) is 11.2. The molecule has 42 heavy (non-hydrogen) atoms. The van der Waals surface area contributed by atoms with E-state index in [2.05, 4.69) is 118 Å². The van der Waals surface area contributed by atoms with E-state index >= 15 is 0 Å². The van der Waals surface area contributed by atoms with Crippen LogP contribution in [0.4, 0.5) is 0 Å². The van der Waals surface area contributed by atoms with E-state index in [1.54, 1.807) is 0 Å². The number of aliphatic hydroxyl groups excluding tert-OH is 1. The summed E-state index contributed by atoms with van der Waals surface area (Å²) in [4.78, 5) is 11.9. The Morgan fingerprint density at radius 3 is 1.98 bits per heavy atom. The largest absolute Gasteiger partial charge is 0.469 e. The molecule has 2 rings (SSSR count). The van der Waals surface area contributed by atoms with Crippen LogP contribution in [0.25, 0.3) is 0 Å². The molecule has 0 saturated carbocycles. The summed E-state index contributed by atoms with van der Waals surface area (Å²) in [5.41, 5.74) is 0. The molecule has 0 amide bonds. The maximum atomic E-state index is 11.9. The van der Waals surface area contributed by atoms with Gasteiger partial charge in [0.05, 0.1) is 13.2 Å². The van der Waals surface area contributed by atoms with Crippen molar-refractivity contribution in [2.24, 2.45) is 0 Å². The highest BCUT2D eigenvalue weighted by atomic mass is 28.4. The lowest BCUT2D eigenvalue weighted by molar-refractivity contribution is -0.140. The lowest BCUT2D eigenvalue weighted by atomic mass is 10.1. The minimum atomic E-state index is -2.72. The van der Waals surface area contributed by atoms with Crippen LogP contribution in [0.15, 0.2) is 97.1 Å². The van der Waals surface area contributed by atoms with Crippen LogP contribution in [0.2, 0.25) is 5.04 Å². The molecule has 0 spiro atoms. The van der Waals surface area contributed by atoms with Crippen molar-refractivity contribution >= 4 is 24.7 Å². The Hall–Kier alpha value is -2.73. The summed E-state index contributed by atoms with van der Waals surface area (Å²) in [7, 11) is -1.28. The molecule has 0 bridgehead atoms. The number of esters is 1. The Balaban J connectivity index is 2.13. The first kappa shape index (κ1) is 35.5. The van der Waals surface area contributed by atoms with Gasteiger partial charge in [0.2, 0.25) is 0 Å². The van der Waals surface area contributed by atoms with Crippen LogP contribution < -0.4 is 10.4 Å². The van der Waals surface area contributed by atoms with Crippen LogP contribution in [0, 0.1) is 0 Å². The zero-order valence-electron chi connectivity index (χ0n) is 26.5. The van der Waals surface area contributed by atoms with Crippen LogP contribution >= 0.6 is 0 Å². The maximum Gasteiger partial charge on any atom is 0.305 e. The Labute approximate surface area is 256 Å².